The summed E-state index contributed by atoms with van der Waals surface area (Å²) < 4.78 is 14.4. The third-order valence-corrected chi connectivity index (χ3v) is 8.90. The fourth-order valence-corrected chi connectivity index (χ4v) is 8.02. The maximum Gasteiger partial charge on any atom is 0.139 e. The van der Waals surface area contributed by atoms with Gasteiger partial charge in [0.25, 0.3) is 0 Å². The number of rotatable bonds is 5. The number of nitrogens with one attached hydrogen (secondary N) is 1. The van der Waals surface area contributed by atoms with E-state index in [4.69, 9.17) is 0 Å². The predicted octanol–water partition coefficient (Wildman–Crippen LogP) is 5.21. The summed E-state index contributed by atoms with van der Waals surface area (Å²) in [6, 6.07) is 11.0. The maximum atomic E-state index is 14.4. The van der Waals surface area contributed by atoms with Crippen LogP contribution in [0.4, 0.5) is 4.39 Å². The van der Waals surface area contributed by atoms with Crippen molar-refractivity contribution in [1.82, 2.24) is 5.32 Å². The standard InChI is InChI=1S/C25H34FNO/c1-2-23-11-18-12-24(15-23,20-6-4-3-5-7-20)17-25(13-18,16-23)22(28)10-19-8-9-27-14-21(19)26/h3-7,18-19,21,27H,2,8-17H2,1H3/t18?,19-,21-,23?,24?,25?/m0/s1. The second-order valence-corrected chi connectivity index (χ2v) is 10.7. The average molecular weight is 384 g/mol. The van der Waals surface area contributed by atoms with Crippen LogP contribution >= 0.6 is 0 Å². The molecule has 6 atom stereocenters. The Kier molecular flexibility index (Phi) is 4.46. The van der Waals surface area contributed by atoms with Gasteiger partial charge in [-0.05, 0) is 79.7 Å². The van der Waals surface area contributed by atoms with E-state index in [1.165, 1.54) is 31.2 Å². The van der Waals surface area contributed by atoms with Gasteiger partial charge in [0.05, 0.1) is 0 Å². The van der Waals surface area contributed by atoms with Crippen LogP contribution in [0.3, 0.4) is 0 Å². The fraction of sp³-hybridized carbons (Fsp3) is 0.720. The van der Waals surface area contributed by atoms with Gasteiger partial charge in [0, 0.05) is 18.4 Å². The van der Waals surface area contributed by atoms with Crippen LogP contribution in [0.2, 0.25) is 0 Å². The van der Waals surface area contributed by atoms with Crippen molar-refractivity contribution in [3.63, 3.8) is 0 Å². The summed E-state index contributed by atoms with van der Waals surface area (Å²) >= 11 is 0. The van der Waals surface area contributed by atoms with Gasteiger partial charge in [-0.15, -0.1) is 0 Å². The summed E-state index contributed by atoms with van der Waals surface area (Å²) in [7, 11) is 0. The van der Waals surface area contributed by atoms with E-state index in [-0.39, 0.29) is 16.7 Å². The van der Waals surface area contributed by atoms with Crippen LogP contribution in [0.5, 0.6) is 0 Å². The van der Waals surface area contributed by atoms with E-state index in [9.17, 15) is 9.18 Å². The molecule has 1 heterocycles. The highest BCUT2D eigenvalue weighted by molar-refractivity contribution is 5.86. The molecule has 1 aromatic carbocycles. The molecule has 4 aliphatic carbocycles. The third-order valence-electron chi connectivity index (χ3n) is 8.90. The Labute approximate surface area is 168 Å². The van der Waals surface area contributed by atoms with E-state index >= 15 is 0 Å². The molecule has 4 saturated carbocycles. The summed E-state index contributed by atoms with van der Waals surface area (Å²) in [5, 5.41) is 3.13. The van der Waals surface area contributed by atoms with Crippen LogP contribution in [-0.2, 0) is 10.2 Å². The number of benzene rings is 1. The van der Waals surface area contributed by atoms with E-state index in [0.717, 1.165) is 32.2 Å². The fourth-order valence-electron chi connectivity index (χ4n) is 8.02. The molecule has 152 valence electrons. The molecular weight excluding hydrogens is 349 g/mol. The van der Waals surface area contributed by atoms with Gasteiger partial charge < -0.3 is 5.32 Å². The second kappa shape index (κ2) is 6.65. The Balaban J connectivity index is 1.48. The molecule has 1 saturated heterocycles. The molecule has 1 aromatic rings. The smallest absolute Gasteiger partial charge is 0.139 e. The molecule has 0 radical (unpaired) electrons. The van der Waals surface area contributed by atoms with Crippen molar-refractivity contribution in [2.24, 2.45) is 22.7 Å². The molecule has 3 heteroatoms. The molecule has 0 spiro atoms. The Bertz CT molecular complexity index is 750. The monoisotopic (exact) mass is 383 g/mol. The van der Waals surface area contributed by atoms with E-state index in [1.807, 2.05) is 0 Å². The van der Waals surface area contributed by atoms with Gasteiger partial charge in [-0.2, -0.15) is 0 Å². The van der Waals surface area contributed by atoms with Gasteiger partial charge in [-0.25, -0.2) is 4.39 Å². The molecule has 2 nitrogen and oxygen atoms in total. The number of hydrogen-bond acceptors (Lipinski definition) is 2. The zero-order valence-electron chi connectivity index (χ0n) is 17.2. The quantitative estimate of drug-likeness (QED) is 0.756. The minimum atomic E-state index is -0.866. The molecule has 4 unspecified atom stereocenters. The number of carbonyl (C=O) groups excluding carboxylic acids is 1. The SMILES string of the molecule is CCC12CC3CC(C(=O)C[C@@H]4CCNC[C@@H]4F)(C1)CC(c1ccccc1)(C3)C2. The lowest BCUT2D eigenvalue weighted by atomic mass is 9.37. The lowest BCUT2D eigenvalue weighted by Gasteiger charge is -2.66. The van der Waals surface area contributed by atoms with Gasteiger partial charge in [0.1, 0.15) is 12.0 Å². The molecular formula is C25H34FNO. The summed E-state index contributed by atoms with van der Waals surface area (Å²) in [5.74, 6) is 0.978. The average Bonchev–Trinajstić information content (AvgIpc) is 2.69. The van der Waals surface area contributed by atoms with Crippen molar-refractivity contribution in [2.45, 2.75) is 76.3 Å². The summed E-state index contributed by atoms with van der Waals surface area (Å²) in [6.07, 6.45) is 8.47. The molecule has 0 amide bonds. The Morgan fingerprint density at radius 2 is 1.96 bits per heavy atom. The van der Waals surface area contributed by atoms with Crippen LogP contribution in [-0.4, -0.2) is 25.0 Å². The summed E-state index contributed by atoms with van der Waals surface area (Å²) in [4.78, 5) is 13.8. The van der Waals surface area contributed by atoms with Crippen molar-refractivity contribution < 1.29 is 9.18 Å². The first kappa shape index (κ1) is 18.8. The highest BCUT2D eigenvalue weighted by Crippen LogP contribution is 2.71. The number of halogens is 1. The second-order valence-electron chi connectivity index (χ2n) is 10.7. The van der Waals surface area contributed by atoms with Crippen molar-refractivity contribution in [1.29, 1.82) is 0 Å². The number of hydrogen-bond donors (Lipinski definition) is 1. The van der Waals surface area contributed by atoms with Gasteiger partial charge >= 0.3 is 0 Å². The number of alkyl halides is 1. The molecule has 1 N–H and O–H groups in total. The van der Waals surface area contributed by atoms with Gasteiger partial charge in [0.2, 0.25) is 0 Å². The molecule has 5 aliphatic rings. The van der Waals surface area contributed by atoms with Crippen LogP contribution in [0.25, 0.3) is 0 Å². The van der Waals surface area contributed by atoms with Crippen molar-refractivity contribution >= 4 is 5.78 Å². The van der Waals surface area contributed by atoms with Gasteiger partial charge in [-0.3, -0.25) is 4.79 Å². The number of carbonyl (C=O) groups is 1. The van der Waals surface area contributed by atoms with Gasteiger partial charge in [0.15, 0.2) is 0 Å². The van der Waals surface area contributed by atoms with Crippen molar-refractivity contribution in [3.05, 3.63) is 35.9 Å². The lowest BCUT2D eigenvalue weighted by molar-refractivity contribution is -0.162. The lowest BCUT2D eigenvalue weighted by Crippen LogP contribution is -2.61. The van der Waals surface area contributed by atoms with Crippen molar-refractivity contribution in [3.8, 4) is 0 Å². The molecule has 28 heavy (non-hydrogen) atoms. The molecule has 0 aromatic heterocycles. The number of ketones is 1. The minimum Gasteiger partial charge on any atom is -0.314 e. The topological polar surface area (TPSA) is 29.1 Å². The normalized spacial score (nSPS) is 44.6. The zero-order chi connectivity index (χ0) is 19.4. The summed E-state index contributed by atoms with van der Waals surface area (Å²) in [5.41, 5.74) is 1.72. The minimum absolute atomic E-state index is 0.0768. The van der Waals surface area contributed by atoms with Crippen LogP contribution in [0.1, 0.15) is 70.3 Å². The molecule has 1 aliphatic heterocycles. The van der Waals surface area contributed by atoms with E-state index in [2.05, 4.69) is 42.6 Å². The zero-order valence-corrected chi connectivity index (χ0v) is 17.2. The first-order valence-electron chi connectivity index (χ1n) is 11.4. The molecule has 4 bridgehead atoms. The molecule has 5 fully saturated rings. The Morgan fingerprint density at radius 3 is 2.71 bits per heavy atom. The predicted molar refractivity (Wildman–Crippen MR) is 110 cm³/mol. The van der Waals surface area contributed by atoms with Crippen LogP contribution in [0.15, 0.2) is 30.3 Å². The first-order chi connectivity index (χ1) is 13.5. The van der Waals surface area contributed by atoms with Crippen LogP contribution in [0, 0.1) is 22.7 Å². The highest BCUT2D eigenvalue weighted by Gasteiger charge is 2.65. The first-order valence-corrected chi connectivity index (χ1v) is 11.4. The molecule has 6 rings (SSSR count). The maximum absolute atomic E-state index is 14.4. The Hall–Kier alpha value is -1.22. The largest absolute Gasteiger partial charge is 0.314 e. The number of piperidine rings is 1. The Morgan fingerprint density at radius 1 is 1.14 bits per heavy atom. The van der Waals surface area contributed by atoms with E-state index < -0.39 is 6.17 Å². The van der Waals surface area contributed by atoms with Gasteiger partial charge in [-0.1, -0.05) is 43.7 Å². The third kappa shape index (κ3) is 2.88. The number of Topliss-reactive ketones (excluding diaryl/α,β-unsaturated/α-hetero) is 1. The van der Waals surface area contributed by atoms with Crippen LogP contribution < -0.4 is 5.32 Å². The van der Waals surface area contributed by atoms with Crippen molar-refractivity contribution in [2.75, 3.05) is 13.1 Å². The van der Waals surface area contributed by atoms with E-state index in [1.54, 1.807) is 0 Å². The van der Waals surface area contributed by atoms with E-state index in [0.29, 0.717) is 30.1 Å². The summed E-state index contributed by atoms with van der Waals surface area (Å²) in [6.45, 7) is 3.59. The highest BCUT2D eigenvalue weighted by atomic mass is 19.1.